The normalized spacial score (nSPS) is 15.0. The second-order valence-electron chi connectivity index (χ2n) is 6.46. The Balaban J connectivity index is 1.46. The van der Waals surface area contributed by atoms with E-state index in [1.54, 1.807) is 13.3 Å². The van der Waals surface area contributed by atoms with Gasteiger partial charge in [-0.25, -0.2) is 4.98 Å². The predicted octanol–water partition coefficient (Wildman–Crippen LogP) is 2.64. The monoisotopic (exact) mass is 366 g/mol. The van der Waals surface area contributed by atoms with E-state index in [-0.39, 0.29) is 0 Å². The largest absolute Gasteiger partial charge is 0.497 e. The van der Waals surface area contributed by atoms with Gasteiger partial charge in [-0.05, 0) is 37.4 Å². The number of piperazine rings is 1. The first-order chi connectivity index (χ1) is 13.2. The molecule has 4 rings (SSSR count). The van der Waals surface area contributed by atoms with Crippen LogP contribution >= 0.6 is 0 Å². The van der Waals surface area contributed by atoms with E-state index in [4.69, 9.17) is 9.26 Å². The Morgan fingerprint density at radius 2 is 1.85 bits per heavy atom. The molecule has 2 aromatic heterocycles. The van der Waals surface area contributed by atoms with Crippen molar-refractivity contribution in [2.45, 2.75) is 0 Å². The third-order valence-corrected chi connectivity index (χ3v) is 4.58. The number of aromatic nitrogens is 3. The summed E-state index contributed by atoms with van der Waals surface area (Å²) in [4.78, 5) is 13.5. The van der Waals surface area contributed by atoms with Crippen molar-refractivity contribution in [2.24, 2.45) is 0 Å². The summed E-state index contributed by atoms with van der Waals surface area (Å²) in [6.45, 7) is 3.86. The number of anilines is 3. The fourth-order valence-electron chi connectivity index (χ4n) is 2.94. The summed E-state index contributed by atoms with van der Waals surface area (Å²) in [5.41, 5.74) is 1.70. The van der Waals surface area contributed by atoms with Crippen LogP contribution in [-0.4, -0.2) is 60.4 Å². The number of nitrogens with one attached hydrogen (secondary N) is 1. The smallest absolute Gasteiger partial charge is 0.230 e. The van der Waals surface area contributed by atoms with Gasteiger partial charge < -0.3 is 24.4 Å². The van der Waals surface area contributed by atoms with Gasteiger partial charge in [0.05, 0.1) is 7.11 Å². The predicted molar refractivity (Wildman–Crippen MR) is 104 cm³/mol. The minimum Gasteiger partial charge on any atom is -0.497 e. The van der Waals surface area contributed by atoms with E-state index < -0.39 is 0 Å². The summed E-state index contributed by atoms with van der Waals surface area (Å²) in [5.74, 6) is 2.74. The molecule has 8 heteroatoms. The molecule has 3 heterocycles. The Labute approximate surface area is 157 Å². The van der Waals surface area contributed by atoms with E-state index in [1.165, 1.54) is 0 Å². The first-order valence-electron chi connectivity index (χ1n) is 8.86. The number of ether oxygens (including phenoxy) is 1. The van der Waals surface area contributed by atoms with Crippen LogP contribution < -0.4 is 15.0 Å². The molecule has 0 radical (unpaired) electrons. The molecule has 27 heavy (non-hydrogen) atoms. The molecule has 0 amide bonds. The van der Waals surface area contributed by atoms with Gasteiger partial charge in [-0.3, -0.25) is 0 Å². The second-order valence-corrected chi connectivity index (χ2v) is 6.46. The highest BCUT2D eigenvalue weighted by molar-refractivity contribution is 5.64. The number of methoxy groups -OCH3 is 1. The van der Waals surface area contributed by atoms with Crippen LogP contribution in [0.25, 0.3) is 11.3 Å². The van der Waals surface area contributed by atoms with Crippen molar-refractivity contribution in [1.82, 2.24) is 20.0 Å². The number of hydrogen-bond acceptors (Lipinski definition) is 8. The van der Waals surface area contributed by atoms with Crippen LogP contribution in [0.15, 0.2) is 47.1 Å². The number of benzene rings is 1. The third-order valence-electron chi connectivity index (χ3n) is 4.58. The minimum atomic E-state index is 0.531. The molecule has 8 nitrogen and oxygen atoms in total. The SMILES string of the molecule is COc1ccc(-c2cc(Nc3ccnc(N4CCN(C)CC4)n3)on2)cc1. The summed E-state index contributed by atoms with van der Waals surface area (Å²) in [7, 11) is 3.77. The van der Waals surface area contributed by atoms with Crippen LogP contribution in [0.2, 0.25) is 0 Å². The molecular weight excluding hydrogens is 344 g/mol. The molecule has 0 saturated carbocycles. The molecule has 1 N–H and O–H groups in total. The van der Waals surface area contributed by atoms with Crippen molar-refractivity contribution in [3.05, 3.63) is 42.6 Å². The first-order valence-corrected chi connectivity index (χ1v) is 8.86. The van der Waals surface area contributed by atoms with Crippen molar-refractivity contribution in [3.63, 3.8) is 0 Å². The molecule has 1 saturated heterocycles. The van der Waals surface area contributed by atoms with Crippen molar-refractivity contribution in [1.29, 1.82) is 0 Å². The molecule has 0 aliphatic carbocycles. The Bertz CT molecular complexity index is 887. The Kier molecular flexibility index (Phi) is 4.88. The standard InChI is InChI=1S/C19H22N6O2/c1-24-9-11-25(12-10-24)19-20-8-7-17(22-19)21-18-13-16(23-27-18)14-3-5-15(26-2)6-4-14/h3-8,13H,9-12H2,1-2H3,(H,20,21,22). The second kappa shape index (κ2) is 7.63. The number of rotatable bonds is 5. The Hall–Kier alpha value is -3.13. The zero-order valence-electron chi connectivity index (χ0n) is 15.4. The Morgan fingerprint density at radius 3 is 2.59 bits per heavy atom. The lowest BCUT2D eigenvalue weighted by molar-refractivity contribution is 0.311. The van der Waals surface area contributed by atoms with Crippen molar-refractivity contribution >= 4 is 17.7 Å². The van der Waals surface area contributed by atoms with Gasteiger partial charge in [0.1, 0.15) is 17.3 Å². The first kappa shape index (κ1) is 17.3. The van der Waals surface area contributed by atoms with Gasteiger partial charge in [0.15, 0.2) is 0 Å². The van der Waals surface area contributed by atoms with Crippen molar-refractivity contribution < 1.29 is 9.26 Å². The highest BCUT2D eigenvalue weighted by Gasteiger charge is 2.17. The average molecular weight is 366 g/mol. The van der Waals surface area contributed by atoms with Crippen LogP contribution in [0, 0.1) is 0 Å². The maximum Gasteiger partial charge on any atom is 0.230 e. The molecule has 0 spiro atoms. The van der Waals surface area contributed by atoms with Crippen LogP contribution in [0.5, 0.6) is 5.75 Å². The number of nitrogens with zero attached hydrogens (tertiary/aromatic N) is 5. The molecule has 1 fully saturated rings. The summed E-state index contributed by atoms with van der Waals surface area (Å²) in [6.07, 6.45) is 1.75. The molecule has 1 aliphatic rings. The van der Waals surface area contributed by atoms with Crippen molar-refractivity contribution in [2.75, 3.05) is 50.6 Å². The summed E-state index contributed by atoms with van der Waals surface area (Å²) in [5, 5.41) is 7.28. The maximum absolute atomic E-state index is 5.41. The van der Waals surface area contributed by atoms with Gasteiger partial charge >= 0.3 is 0 Å². The zero-order chi connectivity index (χ0) is 18.6. The molecule has 1 aliphatic heterocycles. The summed E-state index contributed by atoms with van der Waals surface area (Å²) in [6, 6.07) is 11.3. The topological polar surface area (TPSA) is 79.5 Å². The lowest BCUT2D eigenvalue weighted by Gasteiger charge is -2.32. The number of likely N-dealkylation sites (N-methyl/N-ethyl adjacent to an activating group) is 1. The fourth-order valence-corrected chi connectivity index (χ4v) is 2.94. The summed E-state index contributed by atoms with van der Waals surface area (Å²) < 4.78 is 10.6. The van der Waals surface area contributed by atoms with Crippen LogP contribution in [0.3, 0.4) is 0 Å². The molecule has 3 aromatic rings. The average Bonchev–Trinajstić information content (AvgIpc) is 3.17. The van der Waals surface area contributed by atoms with Gasteiger partial charge in [0, 0.05) is 44.0 Å². The van der Waals surface area contributed by atoms with Crippen LogP contribution in [-0.2, 0) is 0 Å². The maximum atomic E-state index is 5.41. The lowest BCUT2D eigenvalue weighted by atomic mass is 10.1. The van der Waals surface area contributed by atoms with Gasteiger partial charge in [-0.1, -0.05) is 5.16 Å². The Morgan fingerprint density at radius 1 is 1.07 bits per heavy atom. The summed E-state index contributed by atoms with van der Waals surface area (Å²) >= 11 is 0. The number of hydrogen-bond donors (Lipinski definition) is 1. The van der Waals surface area contributed by atoms with Gasteiger partial charge in [0.25, 0.3) is 0 Å². The molecule has 140 valence electrons. The van der Waals surface area contributed by atoms with Crippen LogP contribution in [0.4, 0.5) is 17.7 Å². The highest BCUT2D eigenvalue weighted by atomic mass is 16.5. The van der Waals surface area contributed by atoms with Gasteiger partial charge in [-0.15, -0.1) is 0 Å². The van der Waals surface area contributed by atoms with E-state index in [1.807, 2.05) is 36.4 Å². The van der Waals surface area contributed by atoms with Gasteiger partial charge in [0.2, 0.25) is 11.8 Å². The molecular formula is C19H22N6O2. The highest BCUT2D eigenvalue weighted by Crippen LogP contribution is 2.25. The van der Waals surface area contributed by atoms with Gasteiger partial charge in [-0.2, -0.15) is 4.98 Å². The fraction of sp³-hybridized carbons (Fsp3) is 0.316. The van der Waals surface area contributed by atoms with E-state index >= 15 is 0 Å². The molecule has 0 bridgehead atoms. The molecule has 1 aromatic carbocycles. The lowest BCUT2D eigenvalue weighted by Crippen LogP contribution is -2.45. The zero-order valence-corrected chi connectivity index (χ0v) is 15.4. The van der Waals surface area contributed by atoms with E-state index in [2.05, 4.69) is 37.3 Å². The molecule has 0 unspecified atom stereocenters. The van der Waals surface area contributed by atoms with E-state index in [0.717, 1.165) is 49.1 Å². The van der Waals surface area contributed by atoms with E-state index in [0.29, 0.717) is 11.7 Å². The minimum absolute atomic E-state index is 0.531. The van der Waals surface area contributed by atoms with Crippen molar-refractivity contribution in [3.8, 4) is 17.0 Å². The van der Waals surface area contributed by atoms with Crippen LogP contribution in [0.1, 0.15) is 0 Å². The van der Waals surface area contributed by atoms with E-state index in [9.17, 15) is 0 Å². The third kappa shape index (κ3) is 4.01. The quantitative estimate of drug-likeness (QED) is 0.738. The molecule has 0 atom stereocenters.